The van der Waals surface area contributed by atoms with Crippen molar-refractivity contribution in [3.8, 4) is 0 Å². The summed E-state index contributed by atoms with van der Waals surface area (Å²) in [7, 11) is 1.77. The maximum atomic E-state index is 9.07. The van der Waals surface area contributed by atoms with Crippen molar-refractivity contribution in [2.45, 2.75) is 12.6 Å². The zero-order valence-corrected chi connectivity index (χ0v) is 6.32. The van der Waals surface area contributed by atoms with Crippen LogP contribution in [0, 0.1) is 0 Å². The van der Waals surface area contributed by atoms with Gasteiger partial charge in [0.2, 0.25) is 0 Å². The molecule has 0 aliphatic carbocycles. The van der Waals surface area contributed by atoms with E-state index in [4.69, 9.17) is 15.9 Å². The average molecular weight is 148 g/mol. The Morgan fingerprint density at radius 3 is 2.60 bits per heavy atom. The molecule has 10 heavy (non-hydrogen) atoms. The molecule has 0 heterocycles. The van der Waals surface area contributed by atoms with Crippen LogP contribution in [0.25, 0.3) is 0 Å². The van der Waals surface area contributed by atoms with Crippen LogP contribution in [-0.2, 0) is 0 Å². The Morgan fingerprint density at radius 2 is 2.20 bits per heavy atom. The maximum absolute atomic E-state index is 9.07. The number of nitrogens with two attached hydrogens (primary N) is 1. The summed E-state index contributed by atoms with van der Waals surface area (Å²) >= 11 is 0. The lowest BCUT2D eigenvalue weighted by Crippen LogP contribution is -2.38. The second-order valence-electron chi connectivity index (χ2n) is 2.27. The van der Waals surface area contributed by atoms with Crippen LogP contribution in [0.3, 0.4) is 0 Å². The van der Waals surface area contributed by atoms with E-state index in [9.17, 15) is 0 Å². The van der Waals surface area contributed by atoms with Crippen molar-refractivity contribution in [1.82, 2.24) is 4.90 Å². The number of aliphatic hydroxyl groups excluding tert-OH is 2. The average Bonchev–Trinajstić information content (AvgIpc) is 1.98. The standard InChI is InChI=1S/C6H16N2O2/c1-8(3-2-4-9)6(10)5-7/h6,9-10H,2-5,7H2,1H3. The van der Waals surface area contributed by atoms with Gasteiger partial charge in [-0.3, -0.25) is 4.90 Å². The van der Waals surface area contributed by atoms with Crippen LogP contribution in [0.4, 0.5) is 0 Å². The number of hydrogen-bond acceptors (Lipinski definition) is 4. The summed E-state index contributed by atoms with van der Waals surface area (Å²) in [6.07, 6.45) is 0.0969. The molecule has 0 spiro atoms. The molecule has 0 saturated heterocycles. The smallest absolute Gasteiger partial charge is 0.119 e. The van der Waals surface area contributed by atoms with Gasteiger partial charge in [0.1, 0.15) is 6.23 Å². The van der Waals surface area contributed by atoms with Gasteiger partial charge >= 0.3 is 0 Å². The molecular weight excluding hydrogens is 132 g/mol. The largest absolute Gasteiger partial charge is 0.396 e. The first-order valence-corrected chi connectivity index (χ1v) is 3.41. The predicted molar refractivity (Wildman–Crippen MR) is 39.4 cm³/mol. The molecule has 1 unspecified atom stereocenters. The van der Waals surface area contributed by atoms with Gasteiger partial charge in [0, 0.05) is 19.7 Å². The molecule has 0 fully saturated rings. The van der Waals surface area contributed by atoms with E-state index in [-0.39, 0.29) is 13.2 Å². The van der Waals surface area contributed by atoms with Gasteiger partial charge in [-0.2, -0.15) is 0 Å². The molecule has 4 N–H and O–H groups in total. The van der Waals surface area contributed by atoms with Crippen molar-refractivity contribution >= 4 is 0 Å². The quantitative estimate of drug-likeness (QED) is 0.418. The molecule has 0 aromatic carbocycles. The number of likely N-dealkylation sites (N-methyl/N-ethyl adjacent to an activating group) is 1. The first-order valence-electron chi connectivity index (χ1n) is 3.41. The molecule has 4 nitrogen and oxygen atoms in total. The van der Waals surface area contributed by atoms with Gasteiger partial charge < -0.3 is 15.9 Å². The summed E-state index contributed by atoms with van der Waals surface area (Å²) in [5.74, 6) is 0. The van der Waals surface area contributed by atoms with Crippen LogP contribution in [0.5, 0.6) is 0 Å². The highest BCUT2D eigenvalue weighted by atomic mass is 16.3. The normalized spacial score (nSPS) is 14.1. The molecule has 0 aliphatic heterocycles. The van der Waals surface area contributed by atoms with E-state index < -0.39 is 6.23 Å². The first kappa shape index (κ1) is 9.84. The molecule has 1 atom stereocenters. The molecule has 0 aromatic rings. The molecule has 0 bridgehead atoms. The fraction of sp³-hybridized carbons (Fsp3) is 1.00. The Bertz CT molecular complexity index is 80.1. The first-order chi connectivity index (χ1) is 4.72. The topological polar surface area (TPSA) is 69.7 Å². The van der Waals surface area contributed by atoms with Crippen molar-refractivity contribution in [2.24, 2.45) is 5.73 Å². The highest BCUT2D eigenvalue weighted by molar-refractivity contribution is 4.55. The highest BCUT2D eigenvalue weighted by Gasteiger charge is 2.06. The zero-order valence-electron chi connectivity index (χ0n) is 6.32. The van der Waals surface area contributed by atoms with E-state index in [1.54, 1.807) is 11.9 Å². The minimum absolute atomic E-state index is 0.154. The van der Waals surface area contributed by atoms with Crippen LogP contribution in [0.15, 0.2) is 0 Å². The third kappa shape index (κ3) is 3.79. The van der Waals surface area contributed by atoms with E-state index in [1.165, 1.54) is 0 Å². The summed E-state index contributed by atoms with van der Waals surface area (Å²) in [5, 5.41) is 17.5. The van der Waals surface area contributed by atoms with Crippen molar-refractivity contribution < 1.29 is 10.2 Å². The molecule has 0 aliphatic rings. The highest BCUT2D eigenvalue weighted by Crippen LogP contribution is 1.90. The van der Waals surface area contributed by atoms with Gasteiger partial charge in [-0.15, -0.1) is 0 Å². The molecule has 0 radical (unpaired) electrons. The van der Waals surface area contributed by atoms with Gasteiger partial charge in [-0.1, -0.05) is 0 Å². The van der Waals surface area contributed by atoms with E-state index in [2.05, 4.69) is 0 Å². The summed E-state index contributed by atoms with van der Waals surface area (Å²) in [6.45, 7) is 1.07. The lowest BCUT2D eigenvalue weighted by Gasteiger charge is -2.20. The minimum atomic E-state index is -0.577. The van der Waals surface area contributed by atoms with Gasteiger partial charge in [-0.25, -0.2) is 0 Å². The van der Waals surface area contributed by atoms with E-state index in [0.717, 1.165) is 0 Å². The van der Waals surface area contributed by atoms with Gasteiger partial charge in [0.15, 0.2) is 0 Å². The van der Waals surface area contributed by atoms with Crippen molar-refractivity contribution in [2.75, 3.05) is 26.7 Å². The number of aliphatic hydroxyl groups is 2. The summed E-state index contributed by atoms with van der Waals surface area (Å²) < 4.78 is 0. The predicted octanol–water partition coefficient (Wildman–Crippen LogP) is -1.42. The minimum Gasteiger partial charge on any atom is -0.396 e. The second-order valence-corrected chi connectivity index (χ2v) is 2.27. The molecule has 0 saturated carbocycles. The maximum Gasteiger partial charge on any atom is 0.119 e. The molecule has 0 aromatic heterocycles. The monoisotopic (exact) mass is 148 g/mol. The SMILES string of the molecule is CN(CCCO)C(O)CN. The second kappa shape index (κ2) is 5.61. The molecular formula is C6H16N2O2. The Balaban J connectivity index is 3.31. The van der Waals surface area contributed by atoms with Gasteiger partial charge in [-0.05, 0) is 13.5 Å². The lowest BCUT2D eigenvalue weighted by atomic mass is 10.4. The molecule has 62 valence electrons. The summed E-state index contributed by atoms with van der Waals surface area (Å²) in [6, 6.07) is 0. The zero-order chi connectivity index (χ0) is 7.98. The van der Waals surface area contributed by atoms with Crippen molar-refractivity contribution in [3.05, 3.63) is 0 Å². The van der Waals surface area contributed by atoms with Crippen LogP contribution in [0.1, 0.15) is 6.42 Å². The Hall–Kier alpha value is -0.160. The molecule has 0 amide bonds. The lowest BCUT2D eigenvalue weighted by molar-refractivity contribution is 0.0266. The Labute approximate surface area is 61.3 Å². The van der Waals surface area contributed by atoms with Crippen LogP contribution in [0.2, 0.25) is 0 Å². The Morgan fingerprint density at radius 1 is 1.60 bits per heavy atom. The third-order valence-corrected chi connectivity index (χ3v) is 1.39. The summed E-state index contributed by atoms with van der Waals surface area (Å²) in [5.41, 5.74) is 5.19. The molecule has 0 rings (SSSR count). The van der Waals surface area contributed by atoms with E-state index >= 15 is 0 Å². The van der Waals surface area contributed by atoms with Crippen LogP contribution >= 0.6 is 0 Å². The van der Waals surface area contributed by atoms with E-state index in [1.807, 2.05) is 0 Å². The van der Waals surface area contributed by atoms with Gasteiger partial charge in [0.25, 0.3) is 0 Å². The van der Waals surface area contributed by atoms with Crippen LogP contribution in [-0.4, -0.2) is 48.1 Å². The Kier molecular flexibility index (Phi) is 5.52. The summed E-state index contributed by atoms with van der Waals surface area (Å²) in [4.78, 5) is 1.70. The molecule has 4 heteroatoms. The van der Waals surface area contributed by atoms with Crippen molar-refractivity contribution in [1.29, 1.82) is 0 Å². The number of rotatable bonds is 5. The number of hydrogen-bond donors (Lipinski definition) is 3. The number of nitrogens with zero attached hydrogens (tertiary/aromatic N) is 1. The fourth-order valence-corrected chi connectivity index (χ4v) is 0.649. The van der Waals surface area contributed by atoms with Crippen molar-refractivity contribution in [3.63, 3.8) is 0 Å². The third-order valence-electron chi connectivity index (χ3n) is 1.39. The fourth-order valence-electron chi connectivity index (χ4n) is 0.649. The van der Waals surface area contributed by atoms with Crippen LogP contribution < -0.4 is 5.73 Å². The van der Waals surface area contributed by atoms with Gasteiger partial charge in [0.05, 0.1) is 0 Å². The van der Waals surface area contributed by atoms with E-state index in [0.29, 0.717) is 13.0 Å².